The summed E-state index contributed by atoms with van der Waals surface area (Å²) in [7, 11) is 0. The fourth-order valence-corrected chi connectivity index (χ4v) is 1.59. The van der Waals surface area contributed by atoms with E-state index in [-0.39, 0.29) is 0 Å². The standard InChI is InChI=1S/C13H16N2O2/c1-9-3-5-11(6-4-9)8-13-14-12(15-17-13)7-10(2)16/h3-6,10,16H,7-8H2,1-2H3. The molecule has 1 aromatic carbocycles. The van der Waals surface area contributed by atoms with Crippen LogP contribution in [0.4, 0.5) is 0 Å². The van der Waals surface area contributed by atoms with Gasteiger partial charge in [-0.25, -0.2) is 0 Å². The minimum Gasteiger partial charge on any atom is -0.393 e. The molecule has 0 radical (unpaired) electrons. The van der Waals surface area contributed by atoms with Crippen LogP contribution in [0.25, 0.3) is 0 Å². The zero-order valence-electron chi connectivity index (χ0n) is 10.1. The van der Waals surface area contributed by atoms with Crippen molar-refractivity contribution in [2.24, 2.45) is 0 Å². The van der Waals surface area contributed by atoms with Gasteiger partial charge >= 0.3 is 0 Å². The molecule has 1 N–H and O–H groups in total. The lowest BCUT2D eigenvalue weighted by Crippen LogP contribution is -2.05. The van der Waals surface area contributed by atoms with E-state index < -0.39 is 6.10 Å². The molecule has 0 amide bonds. The maximum absolute atomic E-state index is 9.21. The van der Waals surface area contributed by atoms with Crippen LogP contribution in [-0.2, 0) is 12.8 Å². The number of aliphatic hydroxyl groups excluding tert-OH is 1. The maximum atomic E-state index is 9.21. The van der Waals surface area contributed by atoms with E-state index in [1.807, 2.05) is 12.1 Å². The minimum absolute atomic E-state index is 0.428. The number of aromatic nitrogens is 2. The van der Waals surface area contributed by atoms with E-state index >= 15 is 0 Å². The van der Waals surface area contributed by atoms with Crippen LogP contribution in [0.1, 0.15) is 29.8 Å². The normalized spacial score (nSPS) is 12.6. The van der Waals surface area contributed by atoms with Crippen molar-refractivity contribution < 1.29 is 9.63 Å². The van der Waals surface area contributed by atoms with E-state index in [4.69, 9.17) is 4.52 Å². The largest absolute Gasteiger partial charge is 0.393 e. The van der Waals surface area contributed by atoms with Crippen LogP contribution < -0.4 is 0 Å². The Balaban J connectivity index is 2.03. The van der Waals surface area contributed by atoms with Crippen LogP contribution in [0.3, 0.4) is 0 Å². The molecule has 1 unspecified atom stereocenters. The van der Waals surface area contributed by atoms with Crippen LogP contribution >= 0.6 is 0 Å². The predicted molar refractivity (Wildman–Crippen MR) is 63.7 cm³/mol. The summed E-state index contributed by atoms with van der Waals surface area (Å²) in [6.45, 7) is 3.76. The average molecular weight is 232 g/mol. The summed E-state index contributed by atoms with van der Waals surface area (Å²) in [6, 6.07) is 8.21. The first-order valence-corrected chi connectivity index (χ1v) is 5.68. The molecule has 0 saturated carbocycles. The number of aliphatic hydroxyl groups is 1. The van der Waals surface area contributed by atoms with Gasteiger partial charge in [0.15, 0.2) is 5.82 Å². The first-order chi connectivity index (χ1) is 8.13. The second-order valence-corrected chi connectivity index (χ2v) is 4.32. The first kappa shape index (κ1) is 11.8. The fraction of sp³-hybridized carbons (Fsp3) is 0.385. The molecule has 2 aromatic rings. The van der Waals surface area contributed by atoms with Crippen LogP contribution in [0.2, 0.25) is 0 Å². The van der Waals surface area contributed by atoms with Crippen molar-refractivity contribution >= 4 is 0 Å². The minimum atomic E-state index is -0.445. The molecule has 0 aliphatic carbocycles. The van der Waals surface area contributed by atoms with Crippen molar-refractivity contribution in [3.8, 4) is 0 Å². The molecular weight excluding hydrogens is 216 g/mol. The summed E-state index contributed by atoms with van der Waals surface area (Å²) in [5, 5.41) is 13.0. The molecular formula is C13H16N2O2. The summed E-state index contributed by atoms with van der Waals surface area (Å²) < 4.78 is 5.13. The number of rotatable bonds is 4. The van der Waals surface area contributed by atoms with E-state index in [9.17, 15) is 5.11 Å². The third-order valence-corrected chi connectivity index (χ3v) is 2.46. The first-order valence-electron chi connectivity index (χ1n) is 5.68. The van der Waals surface area contributed by atoms with Gasteiger partial charge in [-0.05, 0) is 19.4 Å². The maximum Gasteiger partial charge on any atom is 0.231 e. The lowest BCUT2D eigenvalue weighted by atomic mass is 10.1. The van der Waals surface area contributed by atoms with E-state index in [0.29, 0.717) is 24.6 Å². The molecule has 1 aromatic heterocycles. The van der Waals surface area contributed by atoms with Gasteiger partial charge in [-0.2, -0.15) is 4.98 Å². The number of aryl methyl sites for hydroxylation is 1. The molecule has 0 bridgehead atoms. The molecule has 0 aliphatic rings. The third kappa shape index (κ3) is 3.39. The molecule has 0 fully saturated rings. The van der Waals surface area contributed by atoms with Crippen molar-refractivity contribution in [1.29, 1.82) is 0 Å². The quantitative estimate of drug-likeness (QED) is 0.874. The highest BCUT2D eigenvalue weighted by Crippen LogP contribution is 2.09. The molecule has 4 nitrogen and oxygen atoms in total. The van der Waals surface area contributed by atoms with Gasteiger partial charge in [0.2, 0.25) is 5.89 Å². The predicted octanol–water partition coefficient (Wildman–Crippen LogP) is 1.89. The van der Waals surface area contributed by atoms with Gasteiger partial charge in [0, 0.05) is 6.42 Å². The highest BCUT2D eigenvalue weighted by molar-refractivity contribution is 5.23. The monoisotopic (exact) mass is 232 g/mol. The molecule has 90 valence electrons. The van der Waals surface area contributed by atoms with E-state index in [1.165, 1.54) is 5.56 Å². The zero-order valence-corrected chi connectivity index (χ0v) is 10.1. The van der Waals surface area contributed by atoms with Crippen molar-refractivity contribution in [2.45, 2.75) is 32.8 Å². The summed E-state index contributed by atoms with van der Waals surface area (Å²) in [5.74, 6) is 1.15. The second-order valence-electron chi connectivity index (χ2n) is 4.32. The Morgan fingerprint density at radius 1 is 1.29 bits per heavy atom. The van der Waals surface area contributed by atoms with Crippen molar-refractivity contribution in [1.82, 2.24) is 10.1 Å². The van der Waals surface area contributed by atoms with Gasteiger partial charge in [0.1, 0.15) is 0 Å². The second kappa shape index (κ2) is 5.10. The molecule has 4 heteroatoms. The van der Waals surface area contributed by atoms with Gasteiger partial charge < -0.3 is 9.63 Å². The smallest absolute Gasteiger partial charge is 0.231 e. The van der Waals surface area contributed by atoms with Crippen molar-refractivity contribution in [2.75, 3.05) is 0 Å². The van der Waals surface area contributed by atoms with Gasteiger partial charge in [-0.15, -0.1) is 0 Å². The topological polar surface area (TPSA) is 59.2 Å². The van der Waals surface area contributed by atoms with E-state index in [0.717, 1.165) is 5.56 Å². The molecule has 0 aliphatic heterocycles. The van der Waals surface area contributed by atoms with Gasteiger partial charge in [0.05, 0.1) is 12.5 Å². The Hall–Kier alpha value is -1.68. The highest BCUT2D eigenvalue weighted by atomic mass is 16.5. The summed E-state index contributed by atoms with van der Waals surface area (Å²) in [5.41, 5.74) is 2.37. The van der Waals surface area contributed by atoms with Crippen molar-refractivity contribution in [3.63, 3.8) is 0 Å². The molecule has 0 saturated heterocycles. The van der Waals surface area contributed by atoms with Crippen LogP contribution in [-0.4, -0.2) is 21.4 Å². The molecule has 0 spiro atoms. The Morgan fingerprint density at radius 3 is 2.65 bits per heavy atom. The van der Waals surface area contributed by atoms with Gasteiger partial charge in [0.25, 0.3) is 0 Å². The van der Waals surface area contributed by atoms with Gasteiger partial charge in [-0.1, -0.05) is 35.0 Å². The molecule has 17 heavy (non-hydrogen) atoms. The summed E-state index contributed by atoms with van der Waals surface area (Å²) in [6.07, 6.45) is 0.615. The number of nitrogens with zero attached hydrogens (tertiary/aromatic N) is 2. The fourth-order valence-electron chi connectivity index (χ4n) is 1.59. The summed E-state index contributed by atoms with van der Waals surface area (Å²) >= 11 is 0. The lowest BCUT2D eigenvalue weighted by molar-refractivity contribution is 0.191. The highest BCUT2D eigenvalue weighted by Gasteiger charge is 2.09. The summed E-state index contributed by atoms with van der Waals surface area (Å²) in [4.78, 5) is 4.23. The molecule has 1 heterocycles. The molecule has 1 atom stereocenters. The Kier molecular flexibility index (Phi) is 3.54. The lowest BCUT2D eigenvalue weighted by Gasteiger charge is -1.97. The van der Waals surface area contributed by atoms with E-state index in [1.54, 1.807) is 6.92 Å². The Bertz CT molecular complexity index is 474. The number of benzene rings is 1. The van der Waals surface area contributed by atoms with Gasteiger partial charge in [-0.3, -0.25) is 0 Å². The Labute approximate surface area is 100 Å². The third-order valence-electron chi connectivity index (χ3n) is 2.46. The number of hydrogen-bond donors (Lipinski definition) is 1. The van der Waals surface area contributed by atoms with Crippen molar-refractivity contribution in [3.05, 3.63) is 47.1 Å². The average Bonchev–Trinajstić information content (AvgIpc) is 2.68. The van der Waals surface area contributed by atoms with E-state index in [2.05, 4.69) is 29.2 Å². The zero-order chi connectivity index (χ0) is 12.3. The van der Waals surface area contributed by atoms with Crippen LogP contribution in [0.5, 0.6) is 0 Å². The SMILES string of the molecule is Cc1ccc(Cc2nc(CC(C)O)no2)cc1. The molecule has 2 rings (SSSR count). The number of hydrogen-bond acceptors (Lipinski definition) is 4. The Morgan fingerprint density at radius 2 is 2.00 bits per heavy atom. The van der Waals surface area contributed by atoms with Crippen LogP contribution in [0, 0.1) is 6.92 Å². The van der Waals surface area contributed by atoms with Crippen LogP contribution in [0.15, 0.2) is 28.8 Å².